The number of rotatable bonds is 7. The molecule has 7 nitrogen and oxygen atoms in total. The van der Waals surface area contributed by atoms with Gasteiger partial charge in [-0.1, -0.05) is 29.7 Å². The number of ether oxygens (including phenoxy) is 1. The summed E-state index contributed by atoms with van der Waals surface area (Å²) in [6, 6.07) is 15.1. The van der Waals surface area contributed by atoms with Gasteiger partial charge >= 0.3 is 0 Å². The van der Waals surface area contributed by atoms with Gasteiger partial charge in [-0.2, -0.15) is 0 Å². The van der Waals surface area contributed by atoms with E-state index in [2.05, 4.69) is 11.2 Å². The van der Waals surface area contributed by atoms with Gasteiger partial charge in [-0.05, 0) is 61.0 Å². The molecule has 1 amide bonds. The van der Waals surface area contributed by atoms with Crippen molar-refractivity contribution in [1.29, 1.82) is 0 Å². The van der Waals surface area contributed by atoms with Crippen molar-refractivity contribution in [2.24, 2.45) is 5.14 Å². The number of hydrogen-bond acceptors (Lipinski definition) is 5. The highest BCUT2D eigenvalue weighted by Crippen LogP contribution is 2.26. The number of primary sulfonamides is 1. The maximum Gasteiger partial charge on any atom is 0.262 e. The first kappa shape index (κ1) is 24.0. The highest BCUT2D eigenvalue weighted by atomic mass is 35.5. The summed E-state index contributed by atoms with van der Waals surface area (Å²) in [6.45, 7) is 1.23. The molecule has 0 bridgehead atoms. The Morgan fingerprint density at radius 3 is 2.55 bits per heavy atom. The second-order valence-electron chi connectivity index (χ2n) is 7.05. The molecule has 168 valence electrons. The highest BCUT2D eigenvalue weighted by molar-refractivity contribution is 7.89. The lowest BCUT2D eigenvalue weighted by Gasteiger charge is -2.13. The maximum absolute atomic E-state index is 13.0. The molecule has 0 aliphatic heterocycles. The van der Waals surface area contributed by atoms with Crippen molar-refractivity contribution in [3.63, 3.8) is 0 Å². The van der Waals surface area contributed by atoms with Gasteiger partial charge in [-0.15, -0.1) is 6.42 Å². The van der Waals surface area contributed by atoms with Crippen LogP contribution in [-0.4, -0.2) is 26.7 Å². The molecule has 0 fully saturated rings. The number of benzene rings is 3. The summed E-state index contributed by atoms with van der Waals surface area (Å²) in [7, 11) is -3.85. The number of nitrogens with two attached hydrogens (primary N) is 1. The van der Waals surface area contributed by atoms with Crippen LogP contribution in [0.15, 0.2) is 65.6 Å². The molecular formula is C24H19ClN2O5S. The summed E-state index contributed by atoms with van der Waals surface area (Å²) in [4.78, 5) is 25.4. The van der Waals surface area contributed by atoms with Crippen LogP contribution in [0.3, 0.4) is 0 Å². The molecular weight excluding hydrogens is 464 g/mol. The molecule has 0 aliphatic carbocycles. The normalized spacial score (nSPS) is 10.8. The summed E-state index contributed by atoms with van der Waals surface area (Å²) in [6.07, 6.45) is 5.41. The minimum Gasteiger partial charge on any atom is -0.483 e. The Kier molecular flexibility index (Phi) is 7.19. The molecule has 0 aliphatic rings. The minimum atomic E-state index is -3.85. The molecule has 0 aromatic heterocycles. The Balaban J connectivity index is 1.76. The van der Waals surface area contributed by atoms with Crippen LogP contribution in [0.25, 0.3) is 0 Å². The lowest BCUT2D eigenvalue weighted by atomic mass is 10.0. The first-order valence-electron chi connectivity index (χ1n) is 9.55. The van der Waals surface area contributed by atoms with E-state index in [4.69, 9.17) is 27.9 Å². The van der Waals surface area contributed by atoms with Crippen molar-refractivity contribution in [3.8, 4) is 18.1 Å². The SMILES string of the molecule is C#Cc1cccc(C(=O)c2cc(Cl)ccc2OCC(=O)Nc2ccc(S(N)(=O)=O)cc2C)c1. The third-order valence-corrected chi connectivity index (χ3v) is 5.78. The van der Waals surface area contributed by atoms with Crippen LogP contribution in [0.5, 0.6) is 5.75 Å². The molecule has 9 heteroatoms. The molecule has 3 N–H and O–H groups in total. The van der Waals surface area contributed by atoms with Crippen molar-refractivity contribution in [1.82, 2.24) is 0 Å². The van der Waals surface area contributed by atoms with Crippen molar-refractivity contribution in [3.05, 3.63) is 87.9 Å². The van der Waals surface area contributed by atoms with Crippen LogP contribution in [-0.2, 0) is 14.8 Å². The van der Waals surface area contributed by atoms with Crippen LogP contribution < -0.4 is 15.2 Å². The zero-order valence-corrected chi connectivity index (χ0v) is 19.0. The molecule has 3 rings (SSSR count). The fraction of sp³-hybridized carbons (Fsp3) is 0.0833. The zero-order valence-electron chi connectivity index (χ0n) is 17.5. The Labute approximate surface area is 196 Å². The monoisotopic (exact) mass is 482 g/mol. The fourth-order valence-corrected chi connectivity index (χ4v) is 3.77. The first-order valence-corrected chi connectivity index (χ1v) is 11.5. The molecule has 0 spiro atoms. The van der Waals surface area contributed by atoms with Gasteiger partial charge in [-0.25, -0.2) is 13.6 Å². The summed E-state index contributed by atoms with van der Waals surface area (Å²) in [5, 5.41) is 8.08. The van der Waals surface area contributed by atoms with Crippen LogP contribution in [0.4, 0.5) is 5.69 Å². The number of anilines is 1. The lowest BCUT2D eigenvalue weighted by molar-refractivity contribution is -0.118. The molecule has 0 atom stereocenters. The number of carbonyl (C=O) groups excluding carboxylic acids is 2. The number of aryl methyl sites for hydroxylation is 1. The molecule has 0 saturated carbocycles. The second kappa shape index (κ2) is 9.88. The number of carbonyl (C=O) groups is 2. The summed E-state index contributed by atoms with van der Waals surface area (Å²) < 4.78 is 28.5. The third-order valence-electron chi connectivity index (χ3n) is 4.64. The van der Waals surface area contributed by atoms with Crippen molar-refractivity contribution < 1.29 is 22.7 Å². The molecule has 33 heavy (non-hydrogen) atoms. The summed E-state index contributed by atoms with van der Waals surface area (Å²) >= 11 is 6.07. The predicted molar refractivity (Wildman–Crippen MR) is 126 cm³/mol. The smallest absolute Gasteiger partial charge is 0.262 e. The van der Waals surface area contributed by atoms with Crippen LogP contribution in [0.2, 0.25) is 5.02 Å². The van der Waals surface area contributed by atoms with E-state index < -0.39 is 22.5 Å². The number of amides is 1. The number of halogens is 1. The Morgan fingerprint density at radius 1 is 1.12 bits per heavy atom. The standard InChI is InChI=1S/C24H19ClN2O5S/c1-3-16-5-4-6-17(12-16)24(29)20-13-18(25)7-10-22(20)32-14-23(28)27-21-9-8-19(11-15(21)2)33(26,30)31/h1,4-13H,14H2,2H3,(H,27,28)(H2,26,30,31). The molecule has 0 radical (unpaired) electrons. The average Bonchev–Trinajstić information content (AvgIpc) is 2.78. The third kappa shape index (κ3) is 5.99. The number of sulfonamides is 1. The van der Waals surface area contributed by atoms with Crippen LogP contribution in [0, 0.1) is 19.3 Å². The number of terminal acetylenes is 1. The highest BCUT2D eigenvalue weighted by Gasteiger charge is 2.17. The van der Waals surface area contributed by atoms with E-state index in [1.807, 2.05) is 0 Å². The number of nitrogens with one attached hydrogen (secondary N) is 1. The lowest BCUT2D eigenvalue weighted by Crippen LogP contribution is -2.21. The van der Waals surface area contributed by atoms with Gasteiger partial charge in [0.2, 0.25) is 10.0 Å². The first-order chi connectivity index (χ1) is 15.6. The van der Waals surface area contributed by atoms with Crippen molar-refractivity contribution in [2.45, 2.75) is 11.8 Å². The number of ketones is 1. The second-order valence-corrected chi connectivity index (χ2v) is 9.05. The van der Waals surface area contributed by atoms with Gasteiger partial charge < -0.3 is 10.1 Å². The van der Waals surface area contributed by atoms with Crippen LogP contribution in [0.1, 0.15) is 27.0 Å². The molecule has 0 unspecified atom stereocenters. The van der Waals surface area contributed by atoms with E-state index in [1.165, 1.54) is 30.3 Å². The van der Waals surface area contributed by atoms with Crippen molar-refractivity contribution in [2.75, 3.05) is 11.9 Å². The predicted octanol–water partition coefficient (Wildman–Crippen LogP) is 3.53. The largest absolute Gasteiger partial charge is 0.483 e. The van der Waals surface area contributed by atoms with Gasteiger partial charge in [0.15, 0.2) is 12.4 Å². The maximum atomic E-state index is 13.0. The van der Waals surface area contributed by atoms with Gasteiger partial charge in [0.25, 0.3) is 5.91 Å². The van der Waals surface area contributed by atoms with Gasteiger partial charge in [-0.3, -0.25) is 9.59 Å². The summed E-state index contributed by atoms with van der Waals surface area (Å²) in [5.41, 5.74) is 1.99. The molecule has 3 aromatic rings. The van der Waals surface area contributed by atoms with E-state index in [0.717, 1.165) is 0 Å². The van der Waals surface area contributed by atoms with E-state index >= 15 is 0 Å². The zero-order chi connectivity index (χ0) is 24.2. The number of hydrogen-bond donors (Lipinski definition) is 2. The van der Waals surface area contributed by atoms with Crippen molar-refractivity contribution >= 4 is 39.0 Å². The molecule has 0 saturated heterocycles. The fourth-order valence-electron chi connectivity index (χ4n) is 2.99. The van der Waals surface area contributed by atoms with Gasteiger partial charge in [0.1, 0.15) is 5.75 Å². The molecule has 3 aromatic carbocycles. The molecule has 0 heterocycles. The topological polar surface area (TPSA) is 116 Å². The Bertz CT molecular complexity index is 1390. The van der Waals surface area contributed by atoms with E-state index in [0.29, 0.717) is 27.4 Å². The van der Waals surface area contributed by atoms with E-state index in [9.17, 15) is 18.0 Å². The quantitative estimate of drug-likeness (QED) is 0.395. The van der Waals surface area contributed by atoms with E-state index in [-0.39, 0.29) is 22.0 Å². The van der Waals surface area contributed by atoms with E-state index in [1.54, 1.807) is 37.3 Å². The Hall–Kier alpha value is -3.64. The minimum absolute atomic E-state index is 0.0625. The summed E-state index contributed by atoms with van der Waals surface area (Å²) in [5.74, 6) is 1.78. The van der Waals surface area contributed by atoms with Gasteiger partial charge in [0.05, 0.1) is 10.5 Å². The van der Waals surface area contributed by atoms with Gasteiger partial charge in [0, 0.05) is 21.8 Å². The van der Waals surface area contributed by atoms with Crippen LogP contribution >= 0.6 is 11.6 Å². The average molecular weight is 483 g/mol. The Morgan fingerprint density at radius 2 is 1.88 bits per heavy atom.